The quantitative estimate of drug-likeness (QED) is 0.551. The largest absolute Gasteiger partial charge is 0.277 e. The van der Waals surface area contributed by atoms with Crippen LogP contribution < -0.4 is 5.43 Å². The molecule has 2 aromatic heterocycles. The number of imidazole rings is 1. The minimum atomic E-state index is -0.142. The van der Waals surface area contributed by atoms with Gasteiger partial charge in [0.2, 0.25) is 5.91 Å². The number of nitrogens with one attached hydrogen (secondary N) is 1. The number of nitrogens with zero attached hydrogens (tertiary/aromatic N) is 5. The summed E-state index contributed by atoms with van der Waals surface area (Å²) in [5.41, 5.74) is 6.66. The molecule has 0 unspecified atom stereocenters. The fourth-order valence-electron chi connectivity index (χ4n) is 2.55. The third-order valence-electron chi connectivity index (χ3n) is 3.86. The molecule has 0 spiro atoms. The molecule has 26 heavy (non-hydrogen) atoms. The van der Waals surface area contributed by atoms with Gasteiger partial charge >= 0.3 is 0 Å². The molecule has 0 aliphatic rings. The zero-order valence-electron chi connectivity index (χ0n) is 14.0. The Morgan fingerprint density at radius 2 is 1.92 bits per heavy atom. The Balaban J connectivity index is 1.44. The van der Waals surface area contributed by atoms with Crippen LogP contribution in [0.15, 0.2) is 66.3 Å². The van der Waals surface area contributed by atoms with Gasteiger partial charge in [-0.05, 0) is 31.2 Å². The van der Waals surface area contributed by atoms with Crippen molar-refractivity contribution in [1.82, 2.24) is 24.4 Å². The van der Waals surface area contributed by atoms with Crippen LogP contribution in [0.1, 0.15) is 5.56 Å². The average molecular weight is 364 g/mol. The normalized spacial score (nSPS) is 11.0. The van der Waals surface area contributed by atoms with Crippen LogP contribution in [0.2, 0.25) is 0 Å². The predicted octanol–water partition coefficient (Wildman–Crippen LogP) is 2.79. The Kier molecular flexibility index (Phi) is 4.40. The first-order chi connectivity index (χ1) is 12.7. The fourth-order valence-corrected chi connectivity index (χ4v) is 3.27. The number of fused-ring (bicyclic) bond motifs is 1. The first-order valence-electron chi connectivity index (χ1n) is 8.02. The van der Waals surface area contributed by atoms with Gasteiger partial charge in [-0.25, -0.2) is 9.66 Å². The Morgan fingerprint density at radius 1 is 1.12 bits per heavy atom. The molecule has 0 aliphatic carbocycles. The molecule has 8 heteroatoms. The number of rotatable bonds is 5. The van der Waals surface area contributed by atoms with Gasteiger partial charge in [-0.15, -0.1) is 10.2 Å². The summed E-state index contributed by atoms with van der Waals surface area (Å²) in [6.45, 7) is 2.04. The summed E-state index contributed by atoms with van der Waals surface area (Å²) >= 11 is 1.33. The van der Waals surface area contributed by atoms with E-state index in [1.807, 2.05) is 60.0 Å². The molecule has 0 aliphatic heterocycles. The Hall–Kier alpha value is -3.13. The smallest absolute Gasteiger partial charge is 0.249 e. The van der Waals surface area contributed by atoms with Crippen LogP contribution in [0.4, 0.5) is 0 Å². The lowest BCUT2D eigenvalue weighted by Gasteiger charge is -2.08. The summed E-state index contributed by atoms with van der Waals surface area (Å²) in [7, 11) is 0. The highest BCUT2D eigenvalue weighted by Gasteiger charge is 2.11. The number of aryl methyl sites for hydroxylation is 1. The molecule has 2 heterocycles. The molecule has 7 nitrogen and oxygen atoms in total. The third-order valence-corrected chi connectivity index (χ3v) is 4.80. The molecular formula is C18H16N6OS. The second kappa shape index (κ2) is 7.01. The van der Waals surface area contributed by atoms with E-state index in [-0.39, 0.29) is 11.7 Å². The van der Waals surface area contributed by atoms with Crippen molar-refractivity contribution in [3.63, 3.8) is 0 Å². The second-order valence-corrected chi connectivity index (χ2v) is 6.69. The lowest BCUT2D eigenvalue weighted by atomic mass is 10.2. The number of carbonyl (C=O) groups excluding carboxylic acids is 1. The van der Waals surface area contributed by atoms with Gasteiger partial charge in [0.15, 0.2) is 5.16 Å². The molecule has 130 valence electrons. The molecule has 0 radical (unpaired) electrons. The summed E-state index contributed by atoms with van der Waals surface area (Å²) in [6.07, 6.45) is 3.25. The lowest BCUT2D eigenvalue weighted by Crippen LogP contribution is -2.23. The minimum Gasteiger partial charge on any atom is -0.277 e. The highest BCUT2D eigenvalue weighted by molar-refractivity contribution is 7.99. The first-order valence-corrected chi connectivity index (χ1v) is 9.01. The third kappa shape index (κ3) is 3.31. The molecule has 1 amide bonds. The van der Waals surface area contributed by atoms with E-state index in [0.29, 0.717) is 5.16 Å². The van der Waals surface area contributed by atoms with E-state index in [2.05, 4.69) is 20.6 Å². The first kappa shape index (κ1) is 16.3. The number of para-hydroxylation sites is 2. The van der Waals surface area contributed by atoms with Crippen LogP contribution in [-0.2, 0) is 4.79 Å². The van der Waals surface area contributed by atoms with Gasteiger partial charge in [-0.2, -0.15) is 0 Å². The molecule has 0 bridgehead atoms. The summed E-state index contributed by atoms with van der Waals surface area (Å²) in [5.74, 6) is 0.0773. The van der Waals surface area contributed by atoms with Crippen molar-refractivity contribution in [1.29, 1.82) is 0 Å². The highest BCUT2D eigenvalue weighted by Crippen LogP contribution is 2.20. The average Bonchev–Trinajstić information content (AvgIpc) is 3.28. The number of benzene rings is 2. The van der Waals surface area contributed by atoms with Gasteiger partial charge in [0.25, 0.3) is 0 Å². The standard InChI is InChI=1S/C18H16N6OS/c1-13-6-8-14(9-7-13)23-12-20-21-18(23)26-10-17(25)22-24-11-19-15-4-2-3-5-16(15)24/h2-9,11-12H,10H2,1H3,(H,22,25). The van der Waals surface area contributed by atoms with Crippen molar-refractivity contribution in [2.24, 2.45) is 0 Å². The molecule has 4 rings (SSSR count). The van der Waals surface area contributed by atoms with E-state index in [0.717, 1.165) is 16.7 Å². The maximum atomic E-state index is 12.3. The minimum absolute atomic E-state index is 0.142. The predicted molar refractivity (Wildman–Crippen MR) is 101 cm³/mol. The van der Waals surface area contributed by atoms with Gasteiger partial charge in [0.05, 0.1) is 16.8 Å². The summed E-state index contributed by atoms with van der Waals surface area (Å²) in [5, 5.41) is 8.74. The summed E-state index contributed by atoms with van der Waals surface area (Å²) < 4.78 is 3.49. The fraction of sp³-hybridized carbons (Fsp3) is 0.111. The summed E-state index contributed by atoms with van der Waals surface area (Å²) in [6, 6.07) is 15.7. The van der Waals surface area contributed by atoms with Gasteiger partial charge in [0, 0.05) is 5.69 Å². The number of amides is 1. The van der Waals surface area contributed by atoms with Crippen molar-refractivity contribution < 1.29 is 4.79 Å². The van der Waals surface area contributed by atoms with Crippen LogP contribution in [0, 0.1) is 6.92 Å². The van der Waals surface area contributed by atoms with Crippen molar-refractivity contribution in [2.75, 3.05) is 11.2 Å². The molecule has 1 N–H and O–H groups in total. The monoisotopic (exact) mass is 364 g/mol. The SMILES string of the molecule is Cc1ccc(-n2cnnc2SCC(=O)Nn2cnc3ccccc32)cc1. The lowest BCUT2D eigenvalue weighted by molar-refractivity contribution is -0.114. The van der Waals surface area contributed by atoms with Crippen molar-refractivity contribution in [3.8, 4) is 5.69 Å². The zero-order valence-corrected chi connectivity index (χ0v) is 14.8. The molecule has 0 fully saturated rings. The van der Waals surface area contributed by atoms with Crippen LogP contribution >= 0.6 is 11.8 Å². The maximum absolute atomic E-state index is 12.3. The van der Waals surface area contributed by atoms with Crippen molar-refractivity contribution >= 4 is 28.7 Å². The number of aromatic nitrogens is 5. The maximum Gasteiger partial charge on any atom is 0.249 e. The van der Waals surface area contributed by atoms with Crippen LogP contribution in [0.25, 0.3) is 16.7 Å². The van der Waals surface area contributed by atoms with Gasteiger partial charge < -0.3 is 0 Å². The summed E-state index contributed by atoms with van der Waals surface area (Å²) in [4.78, 5) is 16.6. The second-order valence-electron chi connectivity index (χ2n) is 5.75. The molecule has 4 aromatic rings. The molecule has 0 saturated heterocycles. The Morgan fingerprint density at radius 3 is 2.77 bits per heavy atom. The van der Waals surface area contributed by atoms with E-state index >= 15 is 0 Å². The van der Waals surface area contributed by atoms with Gasteiger partial charge in [0.1, 0.15) is 12.7 Å². The van der Waals surface area contributed by atoms with Crippen molar-refractivity contribution in [3.05, 3.63) is 66.7 Å². The van der Waals surface area contributed by atoms with Crippen LogP contribution in [0.3, 0.4) is 0 Å². The molecular weight excluding hydrogens is 348 g/mol. The van der Waals surface area contributed by atoms with Crippen molar-refractivity contribution in [2.45, 2.75) is 12.1 Å². The topological polar surface area (TPSA) is 77.6 Å². The van der Waals surface area contributed by atoms with E-state index < -0.39 is 0 Å². The number of hydrogen-bond acceptors (Lipinski definition) is 5. The van der Waals surface area contributed by atoms with Crippen LogP contribution in [-0.4, -0.2) is 36.1 Å². The van der Waals surface area contributed by atoms with Gasteiger partial charge in [-0.1, -0.05) is 41.6 Å². The number of carbonyl (C=O) groups is 1. The van der Waals surface area contributed by atoms with E-state index in [1.54, 1.807) is 17.3 Å². The number of hydrogen-bond donors (Lipinski definition) is 1. The van der Waals surface area contributed by atoms with E-state index in [1.165, 1.54) is 17.3 Å². The van der Waals surface area contributed by atoms with Gasteiger partial charge in [-0.3, -0.25) is 14.8 Å². The molecule has 2 aromatic carbocycles. The highest BCUT2D eigenvalue weighted by atomic mass is 32.2. The van der Waals surface area contributed by atoms with Crippen LogP contribution in [0.5, 0.6) is 0 Å². The molecule has 0 saturated carbocycles. The number of thioether (sulfide) groups is 1. The zero-order chi connectivity index (χ0) is 17.9. The Bertz CT molecular complexity index is 1050. The molecule has 0 atom stereocenters. The van der Waals surface area contributed by atoms with E-state index in [4.69, 9.17) is 0 Å². The van der Waals surface area contributed by atoms with E-state index in [9.17, 15) is 4.79 Å². The Labute approximate surface area is 154 Å².